The second kappa shape index (κ2) is 8.66. The number of aromatic nitrogens is 3. The predicted octanol–water partition coefficient (Wildman–Crippen LogP) is 4.20. The van der Waals surface area contributed by atoms with E-state index < -0.39 is 0 Å². The smallest absolute Gasteiger partial charge is 0.236 e. The Morgan fingerprint density at radius 1 is 1.14 bits per heavy atom. The first-order chi connectivity index (χ1) is 14.2. The van der Waals surface area contributed by atoms with Gasteiger partial charge in [0.05, 0.1) is 5.25 Å². The van der Waals surface area contributed by atoms with Gasteiger partial charge in [-0.15, -0.1) is 16.8 Å². The Morgan fingerprint density at radius 2 is 1.86 bits per heavy atom. The van der Waals surface area contributed by atoms with E-state index in [1.165, 1.54) is 22.9 Å². The van der Waals surface area contributed by atoms with Crippen molar-refractivity contribution in [3.8, 4) is 11.4 Å². The van der Waals surface area contributed by atoms with Crippen molar-refractivity contribution in [2.45, 2.75) is 36.8 Å². The molecule has 1 aromatic heterocycles. The van der Waals surface area contributed by atoms with Crippen LogP contribution in [0.2, 0.25) is 0 Å². The van der Waals surface area contributed by atoms with Gasteiger partial charge in [-0.1, -0.05) is 72.4 Å². The maximum Gasteiger partial charge on any atom is 0.236 e. The van der Waals surface area contributed by atoms with Gasteiger partial charge in [-0.05, 0) is 24.5 Å². The highest BCUT2D eigenvalue weighted by Crippen LogP contribution is 2.29. The fourth-order valence-corrected chi connectivity index (χ4v) is 4.56. The molecule has 2 aromatic carbocycles. The third kappa shape index (κ3) is 4.12. The Balaban J connectivity index is 1.51. The third-order valence-corrected chi connectivity index (χ3v) is 6.20. The van der Waals surface area contributed by atoms with E-state index in [9.17, 15) is 4.79 Å². The van der Waals surface area contributed by atoms with E-state index in [-0.39, 0.29) is 11.2 Å². The number of hydrogen-bond acceptors (Lipinski definition) is 4. The van der Waals surface area contributed by atoms with E-state index in [1.54, 1.807) is 0 Å². The molecule has 1 amide bonds. The second-order valence-corrected chi connectivity index (χ2v) is 8.42. The van der Waals surface area contributed by atoms with Gasteiger partial charge in [-0.3, -0.25) is 9.36 Å². The number of benzene rings is 2. The normalized spacial score (nSPS) is 14.3. The van der Waals surface area contributed by atoms with Crippen molar-refractivity contribution in [2.75, 3.05) is 6.54 Å². The fourth-order valence-electron chi connectivity index (χ4n) is 3.62. The molecule has 0 bridgehead atoms. The maximum absolute atomic E-state index is 13.1. The fraction of sp³-hybridized carbons (Fsp3) is 0.261. The molecule has 1 aliphatic rings. The first-order valence-electron chi connectivity index (χ1n) is 9.79. The van der Waals surface area contributed by atoms with Crippen LogP contribution in [0, 0.1) is 0 Å². The first kappa shape index (κ1) is 19.5. The molecule has 0 N–H and O–H groups in total. The maximum atomic E-state index is 13.1. The van der Waals surface area contributed by atoms with Crippen molar-refractivity contribution in [3.63, 3.8) is 0 Å². The number of carbonyl (C=O) groups excluding carboxylic acids is 1. The molecule has 5 nitrogen and oxygen atoms in total. The highest BCUT2D eigenvalue weighted by atomic mass is 32.2. The lowest BCUT2D eigenvalue weighted by Crippen LogP contribution is -2.40. The highest BCUT2D eigenvalue weighted by molar-refractivity contribution is 8.00. The summed E-state index contributed by atoms with van der Waals surface area (Å²) in [4.78, 5) is 15.0. The summed E-state index contributed by atoms with van der Waals surface area (Å²) in [7, 11) is 0. The van der Waals surface area contributed by atoms with E-state index in [0.29, 0.717) is 13.1 Å². The summed E-state index contributed by atoms with van der Waals surface area (Å²) in [5.74, 6) is 0.929. The van der Waals surface area contributed by atoms with Gasteiger partial charge < -0.3 is 4.90 Å². The Hall–Kier alpha value is -2.86. The number of fused-ring (bicyclic) bond motifs is 1. The number of rotatable bonds is 6. The molecule has 1 atom stereocenters. The van der Waals surface area contributed by atoms with Gasteiger partial charge in [-0.2, -0.15) is 0 Å². The Kier molecular flexibility index (Phi) is 5.81. The van der Waals surface area contributed by atoms with E-state index in [1.807, 2.05) is 58.9 Å². The van der Waals surface area contributed by atoms with Crippen molar-refractivity contribution in [2.24, 2.45) is 0 Å². The van der Waals surface area contributed by atoms with Gasteiger partial charge in [0.15, 0.2) is 11.0 Å². The lowest BCUT2D eigenvalue weighted by molar-refractivity contribution is -0.131. The molecule has 0 saturated heterocycles. The Labute approximate surface area is 175 Å². The largest absolute Gasteiger partial charge is 0.337 e. The number of amides is 1. The summed E-state index contributed by atoms with van der Waals surface area (Å²) in [6, 6.07) is 18.3. The predicted molar refractivity (Wildman–Crippen MR) is 117 cm³/mol. The monoisotopic (exact) mass is 404 g/mol. The van der Waals surface area contributed by atoms with Gasteiger partial charge in [0.2, 0.25) is 5.91 Å². The van der Waals surface area contributed by atoms with Crippen LogP contribution in [0.5, 0.6) is 0 Å². The summed E-state index contributed by atoms with van der Waals surface area (Å²) < 4.78 is 2.02. The van der Waals surface area contributed by atoms with Crippen LogP contribution in [0.4, 0.5) is 0 Å². The molecule has 0 spiro atoms. The van der Waals surface area contributed by atoms with Crippen LogP contribution >= 0.6 is 11.8 Å². The Morgan fingerprint density at radius 3 is 2.62 bits per heavy atom. The number of hydrogen-bond donors (Lipinski definition) is 0. The molecule has 0 radical (unpaired) electrons. The zero-order valence-electron chi connectivity index (χ0n) is 16.5. The third-order valence-electron chi connectivity index (χ3n) is 5.13. The minimum Gasteiger partial charge on any atom is -0.337 e. The molecule has 0 unspecified atom stereocenters. The minimum atomic E-state index is -0.239. The number of thioether (sulfide) groups is 1. The molecule has 148 valence electrons. The van der Waals surface area contributed by atoms with Crippen LogP contribution in [0.1, 0.15) is 18.1 Å². The topological polar surface area (TPSA) is 51.0 Å². The van der Waals surface area contributed by atoms with Crippen molar-refractivity contribution in [1.82, 2.24) is 19.7 Å². The summed E-state index contributed by atoms with van der Waals surface area (Å²) in [5.41, 5.74) is 3.58. The lowest BCUT2D eigenvalue weighted by atomic mass is 10.00. The van der Waals surface area contributed by atoms with Crippen LogP contribution in [0.15, 0.2) is 72.4 Å². The molecule has 2 heterocycles. The van der Waals surface area contributed by atoms with Crippen LogP contribution in [0.3, 0.4) is 0 Å². The van der Waals surface area contributed by atoms with Crippen molar-refractivity contribution in [3.05, 3.63) is 78.4 Å². The average molecular weight is 405 g/mol. The summed E-state index contributed by atoms with van der Waals surface area (Å²) in [6.45, 7) is 7.84. The molecule has 0 fully saturated rings. The zero-order chi connectivity index (χ0) is 20.2. The van der Waals surface area contributed by atoms with Gasteiger partial charge in [0, 0.05) is 25.2 Å². The first-order valence-corrected chi connectivity index (χ1v) is 10.7. The molecule has 3 aromatic rings. The van der Waals surface area contributed by atoms with E-state index in [2.05, 4.69) is 35.0 Å². The molecule has 4 rings (SSSR count). The van der Waals surface area contributed by atoms with Crippen molar-refractivity contribution in [1.29, 1.82) is 0 Å². The number of nitrogens with zero attached hydrogens (tertiary/aromatic N) is 4. The summed E-state index contributed by atoms with van der Waals surface area (Å²) in [5, 5.41) is 9.25. The van der Waals surface area contributed by atoms with Crippen LogP contribution in [0.25, 0.3) is 11.4 Å². The van der Waals surface area contributed by atoms with Crippen LogP contribution in [-0.4, -0.2) is 37.4 Å². The number of carbonyl (C=O) groups is 1. The van der Waals surface area contributed by atoms with E-state index in [4.69, 9.17) is 0 Å². The minimum absolute atomic E-state index is 0.138. The lowest BCUT2D eigenvalue weighted by Gasteiger charge is -2.30. The Bertz CT molecular complexity index is 1010. The molecule has 0 saturated carbocycles. The van der Waals surface area contributed by atoms with Gasteiger partial charge in [0.25, 0.3) is 0 Å². The van der Waals surface area contributed by atoms with Crippen LogP contribution in [-0.2, 0) is 24.3 Å². The molecular weight excluding hydrogens is 380 g/mol. The molecule has 29 heavy (non-hydrogen) atoms. The van der Waals surface area contributed by atoms with Crippen molar-refractivity contribution >= 4 is 17.7 Å². The van der Waals surface area contributed by atoms with E-state index in [0.717, 1.165) is 29.5 Å². The summed E-state index contributed by atoms with van der Waals surface area (Å²) in [6.07, 6.45) is 2.73. The second-order valence-electron chi connectivity index (χ2n) is 7.11. The SMILES string of the molecule is C=CCn1c(S[C@@H](C)C(=O)N2CCc3ccccc3C2)nnc1-c1ccccc1. The van der Waals surface area contributed by atoms with Gasteiger partial charge >= 0.3 is 0 Å². The molecule has 0 aliphatic carbocycles. The molecule has 1 aliphatic heterocycles. The van der Waals surface area contributed by atoms with Crippen LogP contribution < -0.4 is 0 Å². The van der Waals surface area contributed by atoms with E-state index >= 15 is 0 Å². The number of allylic oxidation sites excluding steroid dienone is 1. The van der Waals surface area contributed by atoms with Gasteiger partial charge in [-0.25, -0.2) is 0 Å². The molecular formula is C23H24N4OS. The summed E-state index contributed by atoms with van der Waals surface area (Å²) >= 11 is 1.46. The zero-order valence-corrected chi connectivity index (χ0v) is 17.3. The quantitative estimate of drug-likeness (QED) is 0.456. The van der Waals surface area contributed by atoms with Gasteiger partial charge in [0.1, 0.15) is 0 Å². The standard InChI is InChI=1S/C23H24N4OS/c1-3-14-27-21(19-10-5-4-6-11-19)24-25-23(27)29-17(2)22(28)26-15-13-18-9-7-8-12-20(18)16-26/h3-12,17H,1,13-16H2,2H3/t17-/m0/s1. The molecule has 6 heteroatoms. The van der Waals surface area contributed by atoms with Crippen molar-refractivity contribution < 1.29 is 4.79 Å². The average Bonchev–Trinajstić information content (AvgIpc) is 3.16. The highest BCUT2D eigenvalue weighted by Gasteiger charge is 2.27.